The summed E-state index contributed by atoms with van der Waals surface area (Å²) in [5, 5.41) is 2.25. The first-order valence-corrected chi connectivity index (χ1v) is 10.6. The van der Waals surface area contributed by atoms with Crippen LogP contribution < -0.4 is 10.0 Å². The molecule has 8 nitrogen and oxygen atoms in total. The lowest BCUT2D eigenvalue weighted by atomic mass is 10.0. The van der Waals surface area contributed by atoms with E-state index in [1.807, 2.05) is 6.92 Å². The lowest BCUT2D eigenvalue weighted by molar-refractivity contribution is -0.136. The monoisotopic (exact) mass is 413 g/mol. The Labute approximate surface area is 168 Å². The third-order valence-corrected chi connectivity index (χ3v) is 6.50. The molecule has 2 aromatic rings. The summed E-state index contributed by atoms with van der Waals surface area (Å²) in [6.45, 7) is 2.05. The normalized spacial score (nSPS) is 19.1. The number of aryl methyl sites for hydroxylation is 1. The van der Waals surface area contributed by atoms with Gasteiger partial charge < -0.3 is 4.90 Å². The van der Waals surface area contributed by atoms with E-state index in [1.165, 1.54) is 23.1 Å². The second-order valence-electron chi connectivity index (χ2n) is 7.19. The Morgan fingerprint density at radius 1 is 1.07 bits per heavy atom. The Morgan fingerprint density at radius 3 is 2.48 bits per heavy atom. The Balaban J connectivity index is 1.55. The lowest BCUT2D eigenvalue weighted by Crippen LogP contribution is -2.52. The number of nitrogens with zero attached hydrogens (tertiary/aromatic N) is 1. The molecule has 2 aliphatic rings. The maximum atomic E-state index is 12.7. The van der Waals surface area contributed by atoms with Crippen LogP contribution in [0.25, 0.3) is 0 Å². The first-order valence-electron chi connectivity index (χ1n) is 9.12. The summed E-state index contributed by atoms with van der Waals surface area (Å²) in [6, 6.07) is 10.5. The maximum Gasteiger partial charge on any atom is 0.261 e. The average Bonchev–Trinajstić information content (AvgIpc) is 2.97. The molecule has 9 heteroatoms. The molecule has 1 unspecified atom stereocenters. The van der Waals surface area contributed by atoms with Crippen LogP contribution in [0.4, 0.5) is 5.69 Å². The Morgan fingerprint density at radius 2 is 1.79 bits per heavy atom. The highest BCUT2D eigenvalue weighted by molar-refractivity contribution is 7.92. The predicted molar refractivity (Wildman–Crippen MR) is 104 cm³/mol. The van der Waals surface area contributed by atoms with Crippen LogP contribution in [0.5, 0.6) is 0 Å². The SMILES string of the molecule is Cc1ccc(S(=O)(=O)Nc2ccc3c(c2)CN(C2CCC(=O)NC2=O)C3=O)cc1. The molecule has 29 heavy (non-hydrogen) atoms. The van der Waals surface area contributed by atoms with Crippen LogP contribution in [0.3, 0.4) is 0 Å². The number of anilines is 1. The number of nitrogens with one attached hydrogen (secondary N) is 2. The van der Waals surface area contributed by atoms with E-state index < -0.39 is 22.0 Å². The fourth-order valence-corrected chi connectivity index (χ4v) is 4.62. The second kappa shape index (κ2) is 7.00. The number of carbonyl (C=O) groups is 3. The number of piperidine rings is 1. The van der Waals surface area contributed by atoms with Gasteiger partial charge in [0.25, 0.3) is 15.9 Å². The van der Waals surface area contributed by atoms with E-state index in [4.69, 9.17) is 0 Å². The van der Waals surface area contributed by atoms with Crippen LogP contribution in [0.2, 0.25) is 0 Å². The molecule has 2 aliphatic heterocycles. The van der Waals surface area contributed by atoms with Gasteiger partial charge in [-0.25, -0.2) is 8.42 Å². The fraction of sp³-hybridized carbons (Fsp3) is 0.250. The van der Waals surface area contributed by atoms with Crippen LogP contribution in [0.15, 0.2) is 47.4 Å². The van der Waals surface area contributed by atoms with E-state index in [9.17, 15) is 22.8 Å². The number of rotatable bonds is 4. The number of fused-ring (bicyclic) bond motifs is 1. The zero-order valence-corrected chi connectivity index (χ0v) is 16.5. The largest absolute Gasteiger partial charge is 0.322 e. The Bertz CT molecular complexity index is 1130. The van der Waals surface area contributed by atoms with Gasteiger partial charge in [-0.1, -0.05) is 17.7 Å². The molecule has 1 fully saturated rings. The number of sulfonamides is 1. The van der Waals surface area contributed by atoms with Crippen molar-refractivity contribution in [3.8, 4) is 0 Å². The molecule has 0 aliphatic carbocycles. The highest BCUT2D eigenvalue weighted by atomic mass is 32.2. The van der Waals surface area contributed by atoms with Crippen molar-refractivity contribution in [3.05, 3.63) is 59.2 Å². The van der Waals surface area contributed by atoms with E-state index in [1.54, 1.807) is 24.3 Å². The minimum atomic E-state index is -3.76. The van der Waals surface area contributed by atoms with Gasteiger partial charge in [0.1, 0.15) is 6.04 Å². The van der Waals surface area contributed by atoms with Crippen molar-refractivity contribution in [3.63, 3.8) is 0 Å². The van der Waals surface area contributed by atoms with Crippen molar-refractivity contribution >= 4 is 33.4 Å². The van der Waals surface area contributed by atoms with Crippen LogP contribution in [0, 0.1) is 6.92 Å². The summed E-state index contributed by atoms with van der Waals surface area (Å²) in [5.41, 5.74) is 2.34. The van der Waals surface area contributed by atoms with Crippen LogP contribution >= 0.6 is 0 Å². The topological polar surface area (TPSA) is 113 Å². The van der Waals surface area contributed by atoms with E-state index in [2.05, 4.69) is 10.0 Å². The molecule has 0 bridgehead atoms. The molecule has 0 spiro atoms. The van der Waals surface area contributed by atoms with Gasteiger partial charge in [0, 0.05) is 24.2 Å². The summed E-state index contributed by atoms with van der Waals surface area (Å²) in [5.74, 6) is -1.13. The molecule has 2 aromatic carbocycles. The van der Waals surface area contributed by atoms with Gasteiger partial charge in [-0.15, -0.1) is 0 Å². The van der Waals surface area contributed by atoms with Crippen molar-refractivity contribution in [2.75, 3.05) is 4.72 Å². The molecule has 2 N–H and O–H groups in total. The van der Waals surface area contributed by atoms with E-state index in [0.29, 0.717) is 16.8 Å². The van der Waals surface area contributed by atoms with Crippen molar-refractivity contribution in [2.24, 2.45) is 0 Å². The number of imide groups is 1. The number of hydrogen-bond acceptors (Lipinski definition) is 5. The van der Waals surface area contributed by atoms with Crippen LogP contribution in [-0.2, 0) is 26.2 Å². The first-order chi connectivity index (χ1) is 13.7. The Kier molecular flexibility index (Phi) is 4.62. The third kappa shape index (κ3) is 3.61. The quantitative estimate of drug-likeness (QED) is 0.739. The molecule has 4 rings (SSSR count). The molecule has 1 atom stereocenters. The van der Waals surface area contributed by atoms with Gasteiger partial charge >= 0.3 is 0 Å². The maximum absolute atomic E-state index is 12.7. The van der Waals surface area contributed by atoms with E-state index in [0.717, 1.165) is 5.56 Å². The van der Waals surface area contributed by atoms with Gasteiger partial charge in [-0.2, -0.15) is 0 Å². The zero-order valence-electron chi connectivity index (χ0n) is 15.6. The lowest BCUT2D eigenvalue weighted by Gasteiger charge is -2.29. The average molecular weight is 413 g/mol. The van der Waals surface area contributed by atoms with Crippen LogP contribution in [0.1, 0.15) is 34.3 Å². The molecular formula is C20H19N3O5S. The summed E-state index contributed by atoms with van der Waals surface area (Å²) in [7, 11) is -3.76. The summed E-state index contributed by atoms with van der Waals surface area (Å²) < 4.78 is 27.7. The van der Waals surface area contributed by atoms with E-state index >= 15 is 0 Å². The molecule has 1 saturated heterocycles. The van der Waals surface area contributed by atoms with Crippen LogP contribution in [-0.4, -0.2) is 37.1 Å². The van der Waals surface area contributed by atoms with Gasteiger partial charge in [-0.3, -0.25) is 24.4 Å². The molecular weight excluding hydrogens is 394 g/mol. The molecule has 0 aromatic heterocycles. The fourth-order valence-electron chi connectivity index (χ4n) is 3.57. The first kappa shape index (κ1) is 19.1. The Hall–Kier alpha value is -3.20. The van der Waals surface area contributed by atoms with Crippen molar-refractivity contribution in [2.45, 2.75) is 37.2 Å². The highest BCUT2D eigenvalue weighted by Crippen LogP contribution is 2.30. The van der Waals surface area contributed by atoms with Gasteiger partial charge in [0.2, 0.25) is 11.8 Å². The molecule has 150 valence electrons. The van der Waals surface area contributed by atoms with Crippen molar-refractivity contribution < 1.29 is 22.8 Å². The number of amides is 3. The van der Waals surface area contributed by atoms with Gasteiger partial charge in [-0.05, 0) is 49.2 Å². The van der Waals surface area contributed by atoms with Crippen molar-refractivity contribution in [1.29, 1.82) is 0 Å². The highest BCUT2D eigenvalue weighted by Gasteiger charge is 2.39. The zero-order chi connectivity index (χ0) is 20.8. The predicted octanol–water partition coefficient (Wildman–Crippen LogP) is 1.56. The second-order valence-corrected chi connectivity index (χ2v) is 8.87. The molecule has 2 heterocycles. The van der Waals surface area contributed by atoms with Gasteiger partial charge in [0.05, 0.1) is 4.90 Å². The molecule has 3 amide bonds. The van der Waals surface area contributed by atoms with Gasteiger partial charge in [0.15, 0.2) is 0 Å². The standard InChI is InChI=1S/C20H19N3O5S/c1-12-2-5-15(6-3-12)29(27,28)22-14-4-7-16-13(10-14)11-23(20(16)26)17-8-9-18(24)21-19(17)25/h2-7,10,17,22H,8-9,11H2,1H3,(H,21,24,25). The minimum absolute atomic E-state index is 0.143. The smallest absolute Gasteiger partial charge is 0.261 e. The molecule has 0 radical (unpaired) electrons. The summed E-state index contributed by atoms with van der Waals surface area (Å²) >= 11 is 0. The summed E-state index contributed by atoms with van der Waals surface area (Å²) in [4.78, 5) is 37.7. The van der Waals surface area contributed by atoms with E-state index in [-0.39, 0.29) is 36.1 Å². The number of hydrogen-bond donors (Lipinski definition) is 2. The summed E-state index contributed by atoms with van der Waals surface area (Å²) in [6.07, 6.45) is 0.454. The molecule has 0 saturated carbocycles. The minimum Gasteiger partial charge on any atom is -0.322 e. The van der Waals surface area contributed by atoms with Crippen molar-refractivity contribution in [1.82, 2.24) is 10.2 Å². The third-order valence-electron chi connectivity index (χ3n) is 5.11. The number of carbonyl (C=O) groups excluding carboxylic acids is 3. The number of benzene rings is 2.